The van der Waals surface area contributed by atoms with Gasteiger partial charge >= 0.3 is 0 Å². The van der Waals surface area contributed by atoms with Crippen LogP contribution in [0.25, 0.3) is 0 Å². The molecule has 0 nitrogen and oxygen atoms in total. The van der Waals surface area contributed by atoms with Gasteiger partial charge in [0, 0.05) is 10.0 Å². The Labute approximate surface area is 89.9 Å². The molecule has 0 saturated heterocycles. The van der Waals surface area contributed by atoms with Crippen LogP contribution in [-0.2, 0) is 5.41 Å². The lowest BCUT2D eigenvalue weighted by Crippen LogP contribution is -2.14. The third-order valence-corrected chi connectivity index (χ3v) is 2.82. The summed E-state index contributed by atoms with van der Waals surface area (Å²) >= 11 is 12.2. The molecule has 0 N–H and O–H groups in total. The molecule has 1 aromatic rings. The fourth-order valence-electron chi connectivity index (χ4n) is 1.57. The first-order valence-corrected chi connectivity index (χ1v) is 5.04. The number of benzene rings is 1. The minimum Gasteiger partial charge on any atom is -0.0840 e. The van der Waals surface area contributed by atoms with Crippen LogP contribution in [0.5, 0.6) is 0 Å². The third kappa shape index (κ3) is 2.18. The van der Waals surface area contributed by atoms with Gasteiger partial charge in [-0.3, -0.25) is 0 Å². The van der Waals surface area contributed by atoms with E-state index < -0.39 is 0 Å². The van der Waals surface area contributed by atoms with Crippen molar-refractivity contribution in [3.63, 3.8) is 0 Å². The Morgan fingerprint density at radius 2 is 1.46 bits per heavy atom. The summed E-state index contributed by atoms with van der Waals surface area (Å²) in [6, 6.07) is 3.70. The summed E-state index contributed by atoms with van der Waals surface area (Å²) in [7, 11) is 0. The number of hydrogen-bond acceptors (Lipinski definition) is 0. The Kier molecular flexibility index (Phi) is 2.94. The molecule has 0 amide bonds. The highest BCUT2D eigenvalue weighted by atomic mass is 35.5. The number of rotatable bonds is 0. The van der Waals surface area contributed by atoms with Crippen LogP contribution >= 0.6 is 23.2 Å². The van der Waals surface area contributed by atoms with E-state index in [1.807, 2.05) is 19.1 Å². The highest BCUT2D eigenvalue weighted by Gasteiger charge is 2.20. The standard InChI is InChI=1S/C11H14Cl2/c1-7-8(12)5-6-9(13)10(7)11(2,3)4/h5-6H,1-4H3. The fraction of sp³-hybridized carbons (Fsp3) is 0.455. The zero-order valence-electron chi connectivity index (χ0n) is 8.41. The molecular formula is C11H14Cl2. The van der Waals surface area contributed by atoms with E-state index in [1.54, 1.807) is 0 Å². The second-order valence-corrected chi connectivity index (χ2v) is 5.09. The highest BCUT2D eigenvalue weighted by molar-refractivity contribution is 6.34. The molecule has 0 atom stereocenters. The summed E-state index contributed by atoms with van der Waals surface area (Å²) in [4.78, 5) is 0. The van der Waals surface area contributed by atoms with Crippen molar-refractivity contribution in [2.24, 2.45) is 0 Å². The second kappa shape index (κ2) is 3.51. The predicted molar refractivity (Wildman–Crippen MR) is 59.9 cm³/mol. The van der Waals surface area contributed by atoms with Crippen LogP contribution in [0.3, 0.4) is 0 Å². The lowest BCUT2D eigenvalue weighted by Gasteiger charge is -2.23. The zero-order chi connectivity index (χ0) is 10.2. The van der Waals surface area contributed by atoms with Crippen molar-refractivity contribution < 1.29 is 0 Å². The minimum atomic E-state index is 0.0477. The molecule has 0 unspecified atom stereocenters. The van der Waals surface area contributed by atoms with Gasteiger partial charge in [0.05, 0.1) is 0 Å². The Morgan fingerprint density at radius 1 is 1.00 bits per heavy atom. The van der Waals surface area contributed by atoms with Gasteiger partial charge in [-0.2, -0.15) is 0 Å². The maximum atomic E-state index is 6.13. The van der Waals surface area contributed by atoms with Gasteiger partial charge in [-0.15, -0.1) is 0 Å². The van der Waals surface area contributed by atoms with Gasteiger partial charge in [-0.1, -0.05) is 44.0 Å². The Hall–Kier alpha value is -0.200. The highest BCUT2D eigenvalue weighted by Crippen LogP contribution is 2.35. The van der Waals surface area contributed by atoms with Crippen LogP contribution in [0.2, 0.25) is 10.0 Å². The van der Waals surface area contributed by atoms with E-state index in [-0.39, 0.29) is 5.41 Å². The maximum Gasteiger partial charge on any atom is 0.0447 e. The quantitative estimate of drug-likeness (QED) is 0.595. The molecule has 1 aromatic carbocycles. The average molecular weight is 217 g/mol. The molecule has 0 aromatic heterocycles. The van der Waals surface area contributed by atoms with Gasteiger partial charge in [0.1, 0.15) is 0 Å². The molecule has 0 aliphatic carbocycles. The van der Waals surface area contributed by atoms with E-state index in [2.05, 4.69) is 20.8 Å². The van der Waals surface area contributed by atoms with Crippen molar-refractivity contribution in [2.45, 2.75) is 33.1 Å². The molecule has 0 radical (unpaired) electrons. The Balaban J connectivity index is 3.43. The molecule has 13 heavy (non-hydrogen) atoms. The van der Waals surface area contributed by atoms with E-state index in [1.165, 1.54) is 0 Å². The smallest absolute Gasteiger partial charge is 0.0447 e. The molecule has 72 valence electrons. The van der Waals surface area contributed by atoms with Gasteiger partial charge in [0.2, 0.25) is 0 Å². The van der Waals surface area contributed by atoms with E-state index >= 15 is 0 Å². The summed E-state index contributed by atoms with van der Waals surface area (Å²) in [5.41, 5.74) is 2.27. The van der Waals surface area contributed by atoms with Crippen molar-refractivity contribution in [3.8, 4) is 0 Å². The third-order valence-electron chi connectivity index (χ3n) is 2.10. The zero-order valence-corrected chi connectivity index (χ0v) is 9.92. The normalized spacial score (nSPS) is 11.8. The van der Waals surface area contributed by atoms with Gasteiger partial charge in [-0.25, -0.2) is 0 Å². The number of hydrogen-bond donors (Lipinski definition) is 0. The van der Waals surface area contributed by atoms with Crippen LogP contribution in [0.1, 0.15) is 31.9 Å². The molecule has 0 aliphatic heterocycles. The first kappa shape index (κ1) is 10.9. The first-order valence-electron chi connectivity index (χ1n) is 4.29. The summed E-state index contributed by atoms with van der Waals surface area (Å²) < 4.78 is 0. The summed E-state index contributed by atoms with van der Waals surface area (Å²) in [5.74, 6) is 0. The van der Waals surface area contributed by atoms with Crippen molar-refractivity contribution in [3.05, 3.63) is 33.3 Å². The van der Waals surface area contributed by atoms with Crippen molar-refractivity contribution in [2.75, 3.05) is 0 Å². The first-order chi connectivity index (χ1) is 5.84. The minimum absolute atomic E-state index is 0.0477. The van der Waals surface area contributed by atoms with Gasteiger partial charge in [0.15, 0.2) is 0 Å². The predicted octanol–water partition coefficient (Wildman–Crippen LogP) is 4.60. The van der Waals surface area contributed by atoms with Crippen LogP contribution in [-0.4, -0.2) is 0 Å². The molecule has 2 heteroatoms. The molecule has 0 spiro atoms. The van der Waals surface area contributed by atoms with Crippen LogP contribution in [0.4, 0.5) is 0 Å². The molecule has 0 heterocycles. The van der Waals surface area contributed by atoms with E-state index in [9.17, 15) is 0 Å². The Morgan fingerprint density at radius 3 is 1.85 bits per heavy atom. The van der Waals surface area contributed by atoms with E-state index in [0.29, 0.717) is 0 Å². The van der Waals surface area contributed by atoms with Gasteiger partial charge in [0.25, 0.3) is 0 Å². The molecule has 1 rings (SSSR count). The molecule has 0 fully saturated rings. The van der Waals surface area contributed by atoms with E-state index in [4.69, 9.17) is 23.2 Å². The second-order valence-electron chi connectivity index (χ2n) is 4.28. The van der Waals surface area contributed by atoms with Crippen LogP contribution < -0.4 is 0 Å². The lowest BCUT2D eigenvalue weighted by atomic mass is 9.84. The van der Waals surface area contributed by atoms with Gasteiger partial charge in [-0.05, 0) is 35.6 Å². The topological polar surface area (TPSA) is 0 Å². The molecular weight excluding hydrogens is 203 g/mol. The monoisotopic (exact) mass is 216 g/mol. The summed E-state index contributed by atoms with van der Waals surface area (Å²) in [5, 5.41) is 1.59. The van der Waals surface area contributed by atoms with Crippen molar-refractivity contribution in [1.29, 1.82) is 0 Å². The maximum absolute atomic E-state index is 6.13. The van der Waals surface area contributed by atoms with E-state index in [0.717, 1.165) is 21.2 Å². The van der Waals surface area contributed by atoms with Gasteiger partial charge < -0.3 is 0 Å². The lowest BCUT2D eigenvalue weighted by molar-refractivity contribution is 0.586. The molecule has 0 saturated carbocycles. The Bertz CT molecular complexity index is 322. The van der Waals surface area contributed by atoms with Crippen molar-refractivity contribution >= 4 is 23.2 Å². The largest absolute Gasteiger partial charge is 0.0840 e. The van der Waals surface area contributed by atoms with Crippen LogP contribution in [0.15, 0.2) is 12.1 Å². The summed E-state index contributed by atoms with van der Waals surface area (Å²) in [6.07, 6.45) is 0. The SMILES string of the molecule is Cc1c(Cl)ccc(Cl)c1C(C)(C)C. The average Bonchev–Trinajstić information content (AvgIpc) is 1.95. The fourth-order valence-corrected chi connectivity index (χ4v) is 2.22. The summed E-state index contributed by atoms with van der Waals surface area (Å²) in [6.45, 7) is 8.42. The van der Waals surface area contributed by atoms with Crippen molar-refractivity contribution in [1.82, 2.24) is 0 Å². The van der Waals surface area contributed by atoms with Crippen LogP contribution in [0, 0.1) is 6.92 Å². The molecule has 0 bridgehead atoms. The number of halogens is 2. The molecule has 0 aliphatic rings.